The molecule has 0 saturated carbocycles. The minimum Gasteiger partial charge on any atom is -0.464 e. The first kappa shape index (κ1) is 8.83. The zero-order valence-corrected chi connectivity index (χ0v) is 6.82. The maximum absolute atomic E-state index is 10.4. The van der Waals surface area contributed by atoms with Crippen LogP contribution in [-0.4, -0.2) is 11.2 Å². The van der Waals surface area contributed by atoms with Gasteiger partial charge in [-0.15, -0.1) is 0 Å². The molecule has 1 amide bonds. The molecule has 1 aromatic carbocycles. The van der Waals surface area contributed by atoms with Gasteiger partial charge in [-0.05, 0) is 12.1 Å². The van der Waals surface area contributed by atoms with Gasteiger partial charge in [0.25, 0.3) is 0 Å². The highest BCUT2D eigenvalue weighted by atomic mass is 35.5. The van der Waals surface area contributed by atoms with Gasteiger partial charge in [-0.3, -0.25) is 0 Å². The topological polar surface area (TPSA) is 66.6 Å². The van der Waals surface area contributed by atoms with E-state index in [-0.39, 0.29) is 5.69 Å². The number of carbonyl (C=O) groups is 1. The van der Waals surface area contributed by atoms with Crippen LogP contribution in [0.5, 0.6) is 0 Å². The van der Waals surface area contributed by atoms with Gasteiger partial charge in [0.05, 0.1) is 10.7 Å². The molecule has 1 rings (SSSR count). The van der Waals surface area contributed by atoms with Crippen molar-refractivity contribution in [1.82, 2.24) is 0 Å². The number of nitrogens with two attached hydrogens (primary N) is 1. The third-order valence-corrected chi connectivity index (χ3v) is 1.64. The van der Waals surface area contributed by atoms with E-state index in [1.54, 1.807) is 18.2 Å². The maximum atomic E-state index is 10.4. The Morgan fingerprint density at radius 2 is 2.08 bits per heavy atom. The number of anilines is 1. The predicted octanol–water partition coefficient (Wildman–Crippen LogP) is 1.70. The number of hydrogen-bond donors (Lipinski definition) is 2. The third kappa shape index (κ3) is 1.66. The summed E-state index contributed by atoms with van der Waals surface area (Å²) in [5.41, 5.74) is 0.270. The Morgan fingerprint density at radius 3 is 2.58 bits per heavy atom. The van der Waals surface area contributed by atoms with Gasteiger partial charge in [-0.2, -0.15) is 0 Å². The van der Waals surface area contributed by atoms with Crippen LogP contribution >= 0.6 is 11.6 Å². The molecule has 0 saturated heterocycles. The van der Waals surface area contributed by atoms with Gasteiger partial charge in [0, 0.05) is 0 Å². The molecule has 0 radical (unpaired) electrons. The van der Waals surface area contributed by atoms with E-state index < -0.39 is 6.09 Å². The number of hydrazine groups is 1. The average Bonchev–Trinajstić information content (AvgIpc) is 2.04. The van der Waals surface area contributed by atoms with Crippen LogP contribution in [0.3, 0.4) is 0 Å². The summed E-state index contributed by atoms with van der Waals surface area (Å²) in [6.07, 6.45) is -1.25. The molecule has 0 aliphatic rings. The Balaban J connectivity index is 3.02. The van der Waals surface area contributed by atoms with Crippen molar-refractivity contribution in [2.24, 2.45) is 5.84 Å². The van der Waals surface area contributed by atoms with Crippen molar-refractivity contribution < 1.29 is 9.90 Å². The standard InChI is InChI=1S/C7H7ClN2O2/c8-5-3-1-2-4-6(5)10(9)7(11)12/h1-4H,9H2,(H,11,12). The molecule has 0 fully saturated rings. The SMILES string of the molecule is NN(C(=O)O)c1ccccc1Cl. The summed E-state index contributed by atoms with van der Waals surface area (Å²) in [5, 5.41) is 9.38. The highest BCUT2D eigenvalue weighted by Crippen LogP contribution is 2.22. The number of benzene rings is 1. The molecule has 0 aromatic heterocycles. The smallest absolute Gasteiger partial charge is 0.426 e. The van der Waals surface area contributed by atoms with Gasteiger partial charge in [0.1, 0.15) is 0 Å². The number of rotatable bonds is 1. The molecule has 64 valence electrons. The Kier molecular flexibility index (Phi) is 2.52. The van der Waals surface area contributed by atoms with Crippen LogP contribution in [-0.2, 0) is 0 Å². The summed E-state index contributed by atoms with van der Waals surface area (Å²) in [7, 11) is 0. The van der Waals surface area contributed by atoms with Gasteiger partial charge in [0.2, 0.25) is 0 Å². The zero-order chi connectivity index (χ0) is 9.14. The van der Waals surface area contributed by atoms with E-state index in [2.05, 4.69) is 0 Å². The lowest BCUT2D eigenvalue weighted by Gasteiger charge is -2.12. The summed E-state index contributed by atoms with van der Waals surface area (Å²) >= 11 is 5.68. The first-order valence-corrected chi connectivity index (χ1v) is 3.53. The summed E-state index contributed by atoms with van der Waals surface area (Å²) in [5.74, 6) is 5.19. The van der Waals surface area contributed by atoms with Crippen molar-refractivity contribution in [3.05, 3.63) is 29.3 Å². The quantitative estimate of drug-likeness (QED) is 0.399. The molecular formula is C7H7ClN2O2. The van der Waals surface area contributed by atoms with Gasteiger partial charge in [-0.25, -0.2) is 15.6 Å². The van der Waals surface area contributed by atoms with E-state index in [0.29, 0.717) is 10.0 Å². The van der Waals surface area contributed by atoms with E-state index in [4.69, 9.17) is 22.6 Å². The van der Waals surface area contributed by atoms with Crippen molar-refractivity contribution in [1.29, 1.82) is 0 Å². The highest BCUT2D eigenvalue weighted by molar-refractivity contribution is 6.33. The van der Waals surface area contributed by atoms with E-state index in [0.717, 1.165) is 0 Å². The molecule has 1 aromatic rings. The van der Waals surface area contributed by atoms with Crippen LogP contribution in [0.15, 0.2) is 24.3 Å². The summed E-state index contributed by atoms with van der Waals surface area (Å²) < 4.78 is 0. The average molecular weight is 187 g/mol. The Bertz CT molecular complexity index is 303. The molecule has 0 aliphatic heterocycles. The van der Waals surface area contributed by atoms with Crippen LogP contribution < -0.4 is 10.9 Å². The molecule has 4 nitrogen and oxygen atoms in total. The van der Waals surface area contributed by atoms with Crippen LogP contribution in [0.25, 0.3) is 0 Å². The third-order valence-electron chi connectivity index (χ3n) is 1.32. The normalized spacial score (nSPS) is 9.50. The fourth-order valence-electron chi connectivity index (χ4n) is 0.750. The van der Waals surface area contributed by atoms with Crippen molar-refractivity contribution >= 4 is 23.4 Å². The van der Waals surface area contributed by atoms with E-state index in [1.165, 1.54) is 6.07 Å². The number of carboxylic acid groups (broad SMARTS) is 1. The van der Waals surface area contributed by atoms with Crippen LogP contribution in [0.1, 0.15) is 0 Å². The minimum absolute atomic E-state index is 0.270. The Labute approximate surface area is 74.1 Å². The molecule has 0 unspecified atom stereocenters. The molecule has 0 spiro atoms. The van der Waals surface area contributed by atoms with Gasteiger partial charge in [-0.1, -0.05) is 23.7 Å². The van der Waals surface area contributed by atoms with Gasteiger partial charge in [0.15, 0.2) is 0 Å². The summed E-state index contributed by atoms with van der Waals surface area (Å²) in [6, 6.07) is 6.45. The summed E-state index contributed by atoms with van der Waals surface area (Å²) in [6.45, 7) is 0. The fraction of sp³-hybridized carbons (Fsp3) is 0. The second-order valence-electron chi connectivity index (χ2n) is 2.10. The number of hydrogen-bond acceptors (Lipinski definition) is 2. The molecular weight excluding hydrogens is 180 g/mol. The van der Waals surface area contributed by atoms with E-state index in [9.17, 15) is 4.79 Å². The number of para-hydroxylation sites is 1. The Hall–Kier alpha value is -1.26. The van der Waals surface area contributed by atoms with E-state index >= 15 is 0 Å². The fourth-order valence-corrected chi connectivity index (χ4v) is 0.977. The van der Waals surface area contributed by atoms with Crippen molar-refractivity contribution in [2.75, 3.05) is 5.01 Å². The highest BCUT2D eigenvalue weighted by Gasteiger charge is 2.11. The summed E-state index contributed by atoms with van der Waals surface area (Å²) in [4.78, 5) is 10.4. The monoisotopic (exact) mass is 186 g/mol. The molecule has 5 heteroatoms. The predicted molar refractivity (Wildman–Crippen MR) is 46.1 cm³/mol. The molecule has 3 N–H and O–H groups in total. The van der Waals surface area contributed by atoms with Gasteiger partial charge >= 0.3 is 6.09 Å². The molecule has 0 heterocycles. The van der Waals surface area contributed by atoms with Crippen molar-refractivity contribution in [3.63, 3.8) is 0 Å². The Morgan fingerprint density at radius 1 is 1.50 bits per heavy atom. The van der Waals surface area contributed by atoms with E-state index in [1.807, 2.05) is 0 Å². The number of amides is 1. The molecule has 0 aliphatic carbocycles. The lowest BCUT2D eigenvalue weighted by Crippen LogP contribution is -2.36. The first-order valence-electron chi connectivity index (χ1n) is 3.15. The number of nitrogens with zero attached hydrogens (tertiary/aromatic N) is 1. The van der Waals surface area contributed by atoms with Crippen LogP contribution in [0, 0.1) is 0 Å². The minimum atomic E-state index is -1.25. The molecule has 0 bridgehead atoms. The lowest BCUT2D eigenvalue weighted by molar-refractivity contribution is 0.202. The van der Waals surface area contributed by atoms with Gasteiger partial charge < -0.3 is 5.11 Å². The van der Waals surface area contributed by atoms with Crippen molar-refractivity contribution in [2.45, 2.75) is 0 Å². The second kappa shape index (κ2) is 3.42. The molecule has 12 heavy (non-hydrogen) atoms. The molecule has 0 atom stereocenters. The van der Waals surface area contributed by atoms with Crippen LogP contribution in [0.2, 0.25) is 5.02 Å². The van der Waals surface area contributed by atoms with Crippen molar-refractivity contribution in [3.8, 4) is 0 Å². The zero-order valence-electron chi connectivity index (χ0n) is 6.07. The second-order valence-corrected chi connectivity index (χ2v) is 2.51. The van der Waals surface area contributed by atoms with Crippen LogP contribution in [0.4, 0.5) is 10.5 Å². The largest absolute Gasteiger partial charge is 0.464 e. The lowest BCUT2D eigenvalue weighted by atomic mass is 10.3. The maximum Gasteiger partial charge on any atom is 0.426 e. The first-order chi connectivity index (χ1) is 5.63. The number of halogens is 1.